The van der Waals surface area contributed by atoms with Gasteiger partial charge in [0, 0.05) is 7.05 Å². The molecule has 23 heavy (non-hydrogen) atoms. The number of hydrogen-bond acceptors (Lipinski definition) is 5. The van der Waals surface area contributed by atoms with E-state index < -0.39 is 11.8 Å². The van der Waals surface area contributed by atoms with E-state index in [1.54, 1.807) is 30.3 Å². The van der Waals surface area contributed by atoms with Crippen molar-refractivity contribution < 1.29 is 23.5 Å². The van der Waals surface area contributed by atoms with Crippen molar-refractivity contribution in [2.24, 2.45) is 0 Å². The Labute approximate surface area is 131 Å². The second-order valence-corrected chi connectivity index (χ2v) is 4.68. The summed E-state index contributed by atoms with van der Waals surface area (Å²) in [6.07, 6.45) is 2.93. The number of carbonyl (C=O) groups is 2. The zero-order chi connectivity index (χ0) is 16.2. The Kier molecular flexibility index (Phi) is 4.01. The molecule has 2 amide bonds. The summed E-state index contributed by atoms with van der Waals surface area (Å²) >= 11 is 0. The third-order valence-corrected chi connectivity index (χ3v) is 3.17. The second kappa shape index (κ2) is 6.27. The lowest BCUT2D eigenvalue weighted by Crippen LogP contribution is -2.32. The predicted octanol–water partition coefficient (Wildman–Crippen LogP) is 1.53. The first-order valence-corrected chi connectivity index (χ1v) is 6.85. The number of amides is 2. The number of fused-ring (bicyclic) bond motifs is 1. The van der Waals surface area contributed by atoms with E-state index in [9.17, 15) is 9.59 Å². The highest BCUT2D eigenvalue weighted by atomic mass is 16.7. The Morgan fingerprint density at radius 2 is 2.00 bits per heavy atom. The Morgan fingerprint density at radius 1 is 1.17 bits per heavy atom. The smallest absolute Gasteiger partial charge is 0.291 e. The molecule has 3 rings (SSSR count). The number of carbonyl (C=O) groups excluding carboxylic acids is 2. The van der Waals surface area contributed by atoms with Gasteiger partial charge in [-0.15, -0.1) is 0 Å². The van der Waals surface area contributed by atoms with Crippen LogP contribution in [0.5, 0.6) is 11.5 Å². The standard InChI is InChI=1S/C16H14N2O5/c1-17-15(19)11(18-16(20)13-3-2-6-21-13)7-10-4-5-12-14(8-10)23-9-22-12/h2-8H,9H2,1H3,(H,17,19)(H,18,20)/b11-7+. The first kappa shape index (κ1) is 14.7. The Balaban J connectivity index is 1.86. The number of nitrogens with one attached hydrogen (secondary N) is 2. The topological polar surface area (TPSA) is 89.8 Å². The van der Waals surface area contributed by atoms with E-state index in [1.807, 2.05) is 0 Å². The Bertz CT molecular complexity index is 765. The summed E-state index contributed by atoms with van der Waals surface area (Å²) in [4.78, 5) is 24.0. The molecule has 0 unspecified atom stereocenters. The zero-order valence-corrected chi connectivity index (χ0v) is 12.3. The van der Waals surface area contributed by atoms with Crippen LogP contribution in [0.25, 0.3) is 6.08 Å². The molecular weight excluding hydrogens is 300 g/mol. The molecule has 1 aromatic carbocycles. The lowest BCUT2D eigenvalue weighted by atomic mass is 10.1. The molecule has 7 nitrogen and oxygen atoms in total. The average Bonchev–Trinajstić information content (AvgIpc) is 3.24. The van der Waals surface area contributed by atoms with Gasteiger partial charge >= 0.3 is 0 Å². The normalized spacial score (nSPS) is 12.8. The maximum Gasteiger partial charge on any atom is 0.291 e. The third kappa shape index (κ3) is 3.18. The molecule has 0 bridgehead atoms. The van der Waals surface area contributed by atoms with Gasteiger partial charge in [0.1, 0.15) is 5.70 Å². The monoisotopic (exact) mass is 314 g/mol. The van der Waals surface area contributed by atoms with Gasteiger partial charge in [-0.05, 0) is 35.9 Å². The SMILES string of the molecule is CNC(=O)/C(=C\c1ccc2c(c1)OCO2)NC(=O)c1ccco1. The van der Waals surface area contributed by atoms with Crippen LogP contribution < -0.4 is 20.1 Å². The van der Waals surface area contributed by atoms with Crippen LogP contribution >= 0.6 is 0 Å². The molecule has 0 spiro atoms. The molecule has 0 radical (unpaired) electrons. The van der Waals surface area contributed by atoms with Crippen LogP contribution in [0.15, 0.2) is 46.7 Å². The molecule has 118 valence electrons. The van der Waals surface area contributed by atoms with E-state index in [2.05, 4.69) is 10.6 Å². The van der Waals surface area contributed by atoms with Gasteiger partial charge in [0.15, 0.2) is 17.3 Å². The lowest BCUT2D eigenvalue weighted by molar-refractivity contribution is -0.117. The zero-order valence-electron chi connectivity index (χ0n) is 12.3. The van der Waals surface area contributed by atoms with Gasteiger partial charge in [0.2, 0.25) is 6.79 Å². The van der Waals surface area contributed by atoms with Crippen molar-refractivity contribution in [3.8, 4) is 11.5 Å². The summed E-state index contributed by atoms with van der Waals surface area (Å²) in [5.41, 5.74) is 0.778. The van der Waals surface area contributed by atoms with E-state index >= 15 is 0 Å². The Hall–Kier alpha value is -3.22. The number of furan rings is 1. The summed E-state index contributed by atoms with van der Waals surface area (Å²) in [5, 5.41) is 5.01. The van der Waals surface area contributed by atoms with Crippen LogP contribution in [-0.4, -0.2) is 25.7 Å². The first-order chi connectivity index (χ1) is 11.2. The highest BCUT2D eigenvalue weighted by Crippen LogP contribution is 2.33. The van der Waals surface area contributed by atoms with Gasteiger partial charge < -0.3 is 24.5 Å². The number of ether oxygens (including phenoxy) is 2. The second-order valence-electron chi connectivity index (χ2n) is 4.68. The van der Waals surface area contributed by atoms with E-state index in [4.69, 9.17) is 13.9 Å². The molecule has 2 heterocycles. The summed E-state index contributed by atoms with van der Waals surface area (Å²) in [7, 11) is 1.48. The van der Waals surface area contributed by atoms with Crippen molar-refractivity contribution in [1.29, 1.82) is 0 Å². The summed E-state index contributed by atoms with van der Waals surface area (Å²) in [6.45, 7) is 0.167. The maximum absolute atomic E-state index is 12.0. The largest absolute Gasteiger partial charge is 0.459 e. The van der Waals surface area contributed by atoms with Crippen molar-refractivity contribution in [3.63, 3.8) is 0 Å². The molecule has 1 aliphatic heterocycles. The van der Waals surface area contributed by atoms with Gasteiger partial charge in [-0.3, -0.25) is 9.59 Å². The molecule has 2 aromatic rings. The lowest BCUT2D eigenvalue weighted by Gasteiger charge is -2.08. The summed E-state index contributed by atoms with van der Waals surface area (Å²) in [6, 6.07) is 8.33. The van der Waals surface area contributed by atoms with Crippen molar-refractivity contribution in [1.82, 2.24) is 10.6 Å². The van der Waals surface area contributed by atoms with Crippen molar-refractivity contribution >= 4 is 17.9 Å². The minimum absolute atomic E-state index is 0.0905. The van der Waals surface area contributed by atoms with Crippen LogP contribution in [0.1, 0.15) is 16.1 Å². The minimum Gasteiger partial charge on any atom is -0.459 e. The number of hydrogen-bond donors (Lipinski definition) is 2. The fourth-order valence-corrected chi connectivity index (χ4v) is 2.05. The average molecular weight is 314 g/mol. The molecule has 0 fully saturated rings. The quantitative estimate of drug-likeness (QED) is 0.835. The predicted molar refractivity (Wildman–Crippen MR) is 80.8 cm³/mol. The summed E-state index contributed by atoms with van der Waals surface area (Å²) in [5.74, 6) is 0.411. The maximum atomic E-state index is 12.0. The van der Waals surface area contributed by atoms with E-state index in [-0.39, 0.29) is 18.3 Å². The van der Waals surface area contributed by atoms with Gasteiger partial charge in [0.25, 0.3) is 11.8 Å². The molecule has 0 aliphatic carbocycles. The van der Waals surface area contributed by atoms with Crippen LogP contribution in [-0.2, 0) is 4.79 Å². The first-order valence-electron chi connectivity index (χ1n) is 6.85. The van der Waals surface area contributed by atoms with Crippen LogP contribution in [0.3, 0.4) is 0 Å². The van der Waals surface area contributed by atoms with Crippen molar-refractivity contribution in [3.05, 3.63) is 53.6 Å². The van der Waals surface area contributed by atoms with E-state index in [0.29, 0.717) is 17.1 Å². The molecule has 2 N–H and O–H groups in total. The van der Waals surface area contributed by atoms with Crippen molar-refractivity contribution in [2.45, 2.75) is 0 Å². The van der Waals surface area contributed by atoms with Crippen LogP contribution in [0.2, 0.25) is 0 Å². The molecule has 0 saturated heterocycles. The summed E-state index contributed by atoms with van der Waals surface area (Å²) < 4.78 is 15.5. The molecule has 7 heteroatoms. The fraction of sp³-hybridized carbons (Fsp3) is 0.125. The van der Waals surface area contributed by atoms with Crippen LogP contribution in [0.4, 0.5) is 0 Å². The molecular formula is C16H14N2O5. The van der Waals surface area contributed by atoms with Gasteiger partial charge in [-0.1, -0.05) is 6.07 Å². The Morgan fingerprint density at radius 3 is 2.74 bits per heavy atom. The number of rotatable bonds is 4. The number of likely N-dealkylation sites (N-methyl/N-ethyl adjacent to an activating group) is 1. The van der Waals surface area contributed by atoms with Gasteiger partial charge in [-0.25, -0.2) is 0 Å². The number of benzene rings is 1. The van der Waals surface area contributed by atoms with E-state index in [0.717, 1.165) is 0 Å². The fourth-order valence-electron chi connectivity index (χ4n) is 2.05. The van der Waals surface area contributed by atoms with E-state index in [1.165, 1.54) is 19.4 Å². The minimum atomic E-state index is -0.509. The van der Waals surface area contributed by atoms with Crippen molar-refractivity contribution in [2.75, 3.05) is 13.8 Å². The molecule has 1 aliphatic rings. The molecule has 0 saturated carbocycles. The van der Waals surface area contributed by atoms with Crippen LogP contribution in [0, 0.1) is 0 Å². The highest BCUT2D eigenvalue weighted by Gasteiger charge is 2.17. The van der Waals surface area contributed by atoms with Gasteiger partial charge in [0.05, 0.1) is 6.26 Å². The highest BCUT2D eigenvalue weighted by molar-refractivity contribution is 6.04. The molecule has 0 atom stereocenters. The molecule has 1 aromatic heterocycles. The van der Waals surface area contributed by atoms with Gasteiger partial charge in [-0.2, -0.15) is 0 Å². The third-order valence-electron chi connectivity index (χ3n) is 3.17.